The van der Waals surface area contributed by atoms with E-state index in [1.54, 1.807) is 0 Å². The maximum Gasteiger partial charge on any atom is 0.146 e. The summed E-state index contributed by atoms with van der Waals surface area (Å²) >= 11 is 0. The molecule has 4 aromatic carbocycles. The Bertz CT molecular complexity index is 1950. The molecule has 0 aliphatic carbocycles. The molecule has 0 radical (unpaired) electrons. The Hall–Kier alpha value is -4.94. The molecule has 3 nitrogen and oxygen atoms in total. The van der Waals surface area contributed by atoms with Crippen LogP contribution < -0.4 is 0 Å². The molecule has 0 atom stereocenters. The van der Waals surface area contributed by atoms with E-state index in [-0.39, 0.29) is 0 Å². The van der Waals surface area contributed by atoms with Gasteiger partial charge in [0.25, 0.3) is 0 Å². The number of aromatic nitrogens is 2. The number of benzene rings is 4. The Morgan fingerprint density at radius 3 is 2.37 bits per heavy atom. The number of aryl methyl sites for hydroxylation is 1. The van der Waals surface area contributed by atoms with Crippen LogP contribution in [-0.2, 0) is 0 Å². The highest BCUT2D eigenvalue weighted by molar-refractivity contribution is 6.06. The second kappa shape index (κ2) is 9.50. The summed E-state index contributed by atoms with van der Waals surface area (Å²) in [6, 6.07) is 34.0. The van der Waals surface area contributed by atoms with Gasteiger partial charge in [-0.2, -0.15) is 5.26 Å². The number of hydrogen-bond acceptors (Lipinski definition) is 2. The van der Waals surface area contributed by atoms with Crippen molar-refractivity contribution in [3.8, 4) is 28.3 Å². The normalized spacial score (nSPS) is 12.1. The third-order valence-electron chi connectivity index (χ3n) is 7.23. The average molecular weight is 490 g/mol. The van der Waals surface area contributed by atoms with Gasteiger partial charge >= 0.3 is 0 Å². The molecule has 0 bridgehead atoms. The molecule has 0 amide bonds. The first-order valence-corrected chi connectivity index (χ1v) is 12.9. The van der Waals surface area contributed by atoms with E-state index in [1.165, 1.54) is 0 Å². The van der Waals surface area contributed by atoms with Gasteiger partial charge in [0.15, 0.2) is 0 Å². The molecule has 0 aliphatic rings. The summed E-state index contributed by atoms with van der Waals surface area (Å²) in [6.07, 6.45) is 6.36. The average Bonchev–Trinajstić information content (AvgIpc) is 3.37. The molecule has 38 heavy (non-hydrogen) atoms. The fourth-order valence-electron chi connectivity index (χ4n) is 5.40. The number of allylic oxidation sites excluding steroid dienone is 4. The zero-order valence-corrected chi connectivity index (χ0v) is 21.7. The Morgan fingerprint density at radius 2 is 1.63 bits per heavy atom. The van der Waals surface area contributed by atoms with Crippen LogP contribution in [0.2, 0.25) is 0 Å². The van der Waals surface area contributed by atoms with Gasteiger partial charge in [-0.1, -0.05) is 85.0 Å². The van der Waals surface area contributed by atoms with Crippen LogP contribution in [0, 0.1) is 18.3 Å². The molecule has 0 spiro atoms. The van der Waals surface area contributed by atoms with Crippen molar-refractivity contribution in [1.82, 2.24) is 9.38 Å². The van der Waals surface area contributed by atoms with Crippen LogP contribution in [0.4, 0.5) is 0 Å². The summed E-state index contributed by atoms with van der Waals surface area (Å²) in [5.74, 6) is 0. The second-order valence-electron chi connectivity index (χ2n) is 9.50. The fourth-order valence-corrected chi connectivity index (χ4v) is 5.40. The highest BCUT2D eigenvalue weighted by Crippen LogP contribution is 2.39. The minimum Gasteiger partial charge on any atom is -0.291 e. The summed E-state index contributed by atoms with van der Waals surface area (Å²) in [5, 5.41) is 10.6. The number of hydrogen-bond donors (Lipinski definition) is 0. The third kappa shape index (κ3) is 3.70. The maximum atomic E-state index is 9.50. The van der Waals surface area contributed by atoms with Gasteiger partial charge < -0.3 is 0 Å². The number of pyridine rings is 1. The van der Waals surface area contributed by atoms with E-state index in [0.29, 0.717) is 5.56 Å². The van der Waals surface area contributed by atoms with Crippen molar-refractivity contribution < 1.29 is 0 Å². The Balaban J connectivity index is 1.83. The highest BCUT2D eigenvalue weighted by Gasteiger charge is 2.20. The monoisotopic (exact) mass is 489 g/mol. The van der Waals surface area contributed by atoms with Gasteiger partial charge in [0, 0.05) is 16.7 Å². The number of nitrogens with zero attached hydrogens (tertiary/aromatic N) is 3. The van der Waals surface area contributed by atoms with Crippen molar-refractivity contribution in [2.75, 3.05) is 0 Å². The Kier molecular flexibility index (Phi) is 5.86. The van der Waals surface area contributed by atoms with Crippen LogP contribution in [0.15, 0.2) is 109 Å². The van der Waals surface area contributed by atoms with Gasteiger partial charge in [0.05, 0.1) is 28.2 Å². The van der Waals surface area contributed by atoms with Gasteiger partial charge in [-0.3, -0.25) is 4.40 Å². The highest BCUT2D eigenvalue weighted by atomic mass is 15.0. The van der Waals surface area contributed by atoms with E-state index in [9.17, 15) is 5.26 Å². The minimum atomic E-state index is 0.691. The number of nitriles is 1. The summed E-state index contributed by atoms with van der Waals surface area (Å²) in [6.45, 7) is 6.10. The first kappa shape index (κ1) is 23.5. The molecule has 3 heteroatoms. The van der Waals surface area contributed by atoms with E-state index in [2.05, 4.69) is 108 Å². The van der Waals surface area contributed by atoms with Crippen molar-refractivity contribution in [1.29, 1.82) is 5.26 Å². The molecular formula is C35H27N3. The lowest BCUT2D eigenvalue weighted by molar-refractivity contribution is 1.29. The van der Waals surface area contributed by atoms with E-state index >= 15 is 0 Å². The molecule has 0 aliphatic heterocycles. The SMILES string of the molecule is C/C=C\C(=C/C)c1ccc(-c2ccccc2)c2c1nc1c(-c3ccc(C#N)c(C)c3)cc3ccccc3n12. The summed E-state index contributed by atoms with van der Waals surface area (Å²) < 4.78 is 2.32. The zero-order chi connectivity index (χ0) is 26.2. The van der Waals surface area contributed by atoms with E-state index in [1.807, 2.05) is 32.0 Å². The molecule has 0 fully saturated rings. The summed E-state index contributed by atoms with van der Waals surface area (Å²) in [7, 11) is 0. The van der Waals surface area contributed by atoms with Gasteiger partial charge in [-0.05, 0) is 72.7 Å². The smallest absolute Gasteiger partial charge is 0.146 e. The summed E-state index contributed by atoms with van der Waals surface area (Å²) in [5.41, 5.74) is 12.4. The molecule has 2 aromatic heterocycles. The molecule has 6 rings (SSSR count). The lowest BCUT2D eigenvalue weighted by atomic mass is 9.97. The van der Waals surface area contributed by atoms with E-state index in [0.717, 1.165) is 66.5 Å². The molecule has 0 saturated heterocycles. The zero-order valence-electron chi connectivity index (χ0n) is 21.7. The van der Waals surface area contributed by atoms with E-state index < -0.39 is 0 Å². The Morgan fingerprint density at radius 1 is 0.842 bits per heavy atom. The predicted molar refractivity (Wildman–Crippen MR) is 159 cm³/mol. The van der Waals surface area contributed by atoms with Gasteiger partial charge in [0.2, 0.25) is 0 Å². The maximum absolute atomic E-state index is 9.50. The summed E-state index contributed by atoms with van der Waals surface area (Å²) in [4.78, 5) is 5.37. The van der Waals surface area contributed by atoms with Crippen molar-refractivity contribution in [2.45, 2.75) is 20.8 Å². The first-order chi connectivity index (χ1) is 18.6. The Labute approximate surface area is 222 Å². The quantitative estimate of drug-likeness (QED) is 0.232. The molecule has 6 aromatic rings. The van der Waals surface area contributed by atoms with Gasteiger partial charge in [-0.15, -0.1) is 0 Å². The van der Waals surface area contributed by atoms with Crippen molar-refractivity contribution in [2.24, 2.45) is 0 Å². The number of rotatable bonds is 4. The third-order valence-corrected chi connectivity index (χ3v) is 7.23. The largest absolute Gasteiger partial charge is 0.291 e. The van der Waals surface area contributed by atoms with Gasteiger partial charge in [0.1, 0.15) is 5.65 Å². The van der Waals surface area contributed by atoms with Crippen LogP contribution in [0.25, 0.3) is 55.4 Å². The van der Waals surface area contributed by atoms with Crippen molar-refractivity contribution in [3.05, 3.63) is 126 Å². The first-order valence-electron chi connectivity index (χ1n) is 12.9. The van der Waals surface area contributed by atoms with Crippen LogP contribution in [0.3, 0.4) is 0 Å². The fraction of sp³-hybridized carbons (Fsp3) is 0.0857. The van der Waals surface area contributed by atoms with Gasteiger partial charge in [-0.25, -0.2) is 4.98 Å². The number of para-hydroxylation sites is 1. The van der Waals surface area contributed by atoms with E-state index in [4.69, 9.17) is 4.98 Å². The standard InChI is InChI=1S/C35H27N3/c1-4-11-24(5-2)29-18-19-30(25-12-7-6-8-13-25)34-33(29)37-35-31(26-16-17-28(22-36)23(3)20-26)21-27-14-9-10-15-32(27)38(34)35/h4-21H,1-3H3/b11-4-,24-5+. The van der Waals surface area contributed by atoms with Crippen molar-refractivity contribution in [3.63, 3.8) is 0 Å². The number of fused-ring (bicyclic) bond motifs is 5. The number of imidazole rings is 1. The van der Waals surface area contributed by atoms with Crippen LogP contribution >= 0.6 is 0 Å². The van der Waals surface area contributed by atoms with Crippen LogP contribution in [-0.4, -0.2) is 9.38 Å². The van der Waals surface area contributed by atoms with Crippen LogP contribution in [0.5, 0.6) is 0 Å². The molecule has 0 unspecified atom stereocenters. The molecule has 0 N–H and O–H groups in total. The minimum absolute atomic E-state index is 0.691. The molecule has 2 heterocycles. The van der Waals surface area contributed by atoms with Crippen molar-refractivity contribution >= 4 is 33.2 Å². The molecule has 182 valence electrons. The molecule has 0 saturated carbocycles. The molecular weight excluding hydrogens is 462 g/mol. The lowest BCUT2D eigenvalue weighted by Crippen LogP contribution is -1.95. The lowest BCUT2D eigenvalue weighted by Gasteiger charge is -2.13. The second-order valence-corrected chi connectivity index (χ2v) is 9.50. The predicted octanol–water partition coefficient (Wildman–Crippen LogP) is 9.13. The topological polar surface area (TPSA) is 41.1 Å². The van der Waals surface area contributed by atoms with Crippen LogP contribution in [0.1, 0.15) is 30.5 Å².